The van der Waals surface area contributed by atoms with Gasteiger partial charge in [-0.2, -0.15) is 0 Å². The number of rotatable bonds is 15. The van der Waals surface area contributed by atoms with Gasteiger partial charge in [0.05, 0.1) is 32.0 Å². The monoisotopic (exact) mass is 510 g/mol. The van der Waals surface area contributed by atoms with Gasteiger partial charge in [0.15, 0.2) is 0 Å². The lowest BCUT2D eigenvalue weighted by atomic mass is 9.90. The summed E-state index contributed by atoms with van der Waals surface area (Å²) in [5.41, 5.74) is 0.523. The van der Waals surface area contributed by atoms with Gasteiger partial charge in [-0.25, -0.2) is 4.79 Å². The van der Waals surface area contributed by atoms with E-state index in [9.17, 15) is 18.0 Å². The van der Waals surface area contributed by atoms with Crippen LogP contribution in [0.25, 0.3) is 0 Å². The molecule has 0 N–H and O–H groups in total. The number of unbranched alkanes of at least 4 members (excludes halogenated alkanes) is 5. The van der Waals surface area contributed by atoms with Crippen molar-refractivity contribution in [2.45, 2.75) is 51.8 Å². The van der Waals surface area contributed by atoms with Crippen LogP contribution in [0.4, 0.5) is 13.2 Å². The Morgan fingerprint density at radius 1 is 0.833 bits per heavy atom. The Hall–Kier alpha value is -2.78. The van der Waals surface area contributed by atoms with E-state index in [1.54, 1.807) is 24.3 Å². The van der Waals surface area contributed by atoms with Crippen LogP contribution in [0.1, 0.15) is 55.8 Å². The first kappa shape index (κ1) is 27.8. The lowest BCUT2D eigenvalue weighted by Crippen LogP contribution is -2.43. The van der Waals surface area contributed by atoms with E-state index in [1.807, 2.05) is 0 Å². The molecular formula is C27H33F3O6. The topological polar surface area (TPSA) is 63.2 Å². The Labute approximate surface area is 209 Å². The number of benzene rings is 2. The molecule has 0 unspecified atom stereocenters. The Bertz CT molecular complexity index is 924. The first-order chi connectivity index (χ1) is 17.2. The van der Waals surface area contributed by atoms with Crippen LogP contribution in [-0.4, -0.2) is 45.4 Å². The molecule has 9 heteroatoms. The molecule has 0 aromatic heterocycles. The maximum Gasteiger partial charge on any atom is 0.573 e. The fourth-order valence-electron chi connectivity index (χ4n) is 3.62. The Balaban J connectivity index is 1.23. The summed E-state index contributed by atoms with van der Waals surface area (Å²) in [7, 11) is 0. The highest BCUT2D eigenvalue weighted by molar-refractivity contribution is 5.91. The van der Waals surface area contributed by atoms with E-state index in [1.165, 1.54) is 18.6 Å². The zero-order valence-corrected chi connectivity index (χ0v) is 20.5. The molecule has 0 spiro atoms. The Morgan fingerprint density at radius 2 is 1.39 bits per heavy atom. The number of halogens is 3. The zero-order chi connectivity index (χ0) is 25.9. The van der Waals surface area contributed by atoms with Crippen LogP contribution in [0.2, 0.25) is 0 Å². The van der Waals surface area contributed by atoms with Gasteiger partial charge < -0.3 is 23.7 Å². The third-order valence-electron chi connectivity index (χ3n) is 5.66. The summed E-state index contributed by atoms with van der Waals surface area (Å²) in [5, 5.41) is 0. The fourth-order valence-corrected chi connectivity index (χ4v) is 3.62. The molecule has 1 saturated heterocycles. The van der Waals surface area contributed by atoms with Gasteiger partial charge in [-0.15, -0.1) is 13.2 Å². The molecule has 0 atom stereocenters. The van der Waals surface area contributed by atoms with Crippen molar-refractivity contribution >= 4 is 5.97 Å². The third-order valence-corrected chi connectivity index (χ3v) is 5.66. The molecule has 1 aliphatic rings. The maximum atomic E-state index is 12.3. The van der Waals surface area contributed by atoms with Crippen LogP contribution in [0.15, 0.2) is 48.5 Å². The van der Waals surface area contributed by atoms with Gasteiger partial charge in [-0.1, -0.05) is 32.6 Å². The molecule has 6 nitrogen and oxygen atoms in total. The van der Waals surface area contributed by atoms with Crippen molar-refractivity contribution in [3.8, 4) is 17.2 Å². The van der Waals surface area contributed by atoms with E-state index in [-0.39, 0.29) is 11.2 Å². The Morgan fingerprint density at radius 3 is 1.97 bits per heavy atom. The smallest absolute Gasteiger partial charge is 0.494 e. The van der Waals surface area contributed by atoms with E-state index in [0.717, 1.165) is 70.7 Å². The molecule has 0 saturated carbocycles. The summed E-state index contributed by atoms with van der Waals surface area (Å²) in [4.78, 5) is 12.3. The van der Waals surface area contributed by atoms with Crippen LogP contribution < -0.4 is 14.2 Å². The van der Waals surface area contributed by atoms with Gasteiger partial charge in [-0.05, 0) is 61.4 Å². The predicted molar refractivity (Wildman–Crippen MR) is 127 cm³/mol. The number of esters is 1. The number of hydrogen-bond acceptors (Lipinski definition) is 6. The van der Waals surface area contributed by atoms with Crippen molar-refractivity contribution in [1.82, 2.24) is 0 Å². The molecule has 0 amide bonds. The van der Waals surface area contributed by atoms with Crippen molar-refractivity contribution < 1.29 is 41.7 Å². The molecule has 1 fully saturated rings. The van der Waals surface area contributed by atoms with Crippen LogP contribution in [0, 0.1) is 5.41 Å². The molecule has 2 aromatic carbocycles. The molecule has 2 aromatic rings. The highest BCUT2D eigenvalue weighted by Crippen LogP contribution is 2.27. The first-order valence-electron chi connectivity index (χ1n) is 12.2. The van der Waals surface area contributed by atoms with Crippen molar-refractivity contribution in [3.05, 3.63) is 54.1 Å². The van der Waals surface area contributed by atoms with Crippen LogP contribution in [0.5, 0.6) is 17.2 Å². The van der Waals surface area contributed by atoms with Gasteiger partial charge in [0.25, 0.3) is 0 Å². The van der Waals surface area contributed by atoms with Gasteiger partial charge in [0.2, 0.25) is 0 Å². The molecule has 36 heavy (non-hydrogen) atoms. The van der Waals surface area contributed by atoms with E-state index in [4.69, 9.17) is 18.9 Å². The Kier molecular flexibility index (Phi) is 10.4. The predicted octanol–water partition coefficient (Wildman–Crippen LogP) is 6.58. The first-order valence-corrected chi connectivity index (χ1v) is 12.2. The minimum absolute atomic E-state index is 0.112. The van der Waals surface area contributed by atoms with Crippen LogP contribution in [-0.2, 0) is 9.47 Å². The van der Waals surface area contributed by atoms with Gasteiger partial charge >= 0.3 is 12.3 Å². The number of hydrogen-bond donors (Lipinski definition) is 0. The summed E-state index contributed by atoms with van der Waals surface area (Å²) in [5.74, 6) is -0.246. The average molecular weight is 511 g/mol. The molecule has 0 radical (unpaired) electrons. The van der Waals surface area contributed by atoms with Crippen LogP contribution in [0.3, 0.4) is 0 Å². The second-order valence-electron chi connectivity index (χ2n) is 9.26. The molecule has 198 valence electrons. The van der Waals surface area contributed by atoms with Gasteiger partial charge in [0.1, 0.15) is 17.2 Å². The zero-order valence-electron chi connectivity index (χ0n) is 20.5. The summed E-state index contributed by atoms with van der Waals surface area (Å²) in [6.07, 6.45) is 1.85. The molecule has 0 aliphatic carbocycles. The van der Waals surface area contributed by atoms with E-state index < -0.39 is 18.1 Å². The molecule has 1 aliphatic heterocycles. The van der Waals surface area contributed by atoms with Crippen molar-refractivity contribution in [3.63, 3.8) is 0 Å². The van der Waals surface area contributed by atoms with Gasteiger partial charge in [0, 0.05) is 12.0 Å². The second kappa shape index (κ2) is 13.5. The minimum Gasteiger partial charge on any atom is -0.494 e. The SMILES string of the molecule is CC1(COCCCCCCCCOc2ccc(C(=O)Oc3ccc(OC(F)(F)F)cc3)cc2)COC1. The minimum atomic E-state index is -4.78. The molecule has 0 bridgehead atoms. The number of carbonyl (C=O) groups excluding carboxylic acids is 1. The lowest BCUT2D eigenvalue weighted by molar-refractivity contribution is -0.274. The standard InChI is InChI=1S/C27H33F3O6/c1-26(19-33-20-26)18-32-16-6-4-2-3-5-7-17-34-22-10-8-21(9-11-22)25(31)35-23-12-14-24(15-13-23)36-27(28,29)30/h8-15H,2-7,16-20H2,1H3. The van der Waals surface area contributed by atoms with Crippen molar-refractivity contribution in [2.24, 2.45) is 5.41 Å². The van der Waals surface area contributed by atoms with E-state index in [0.29, 0.717) is 17.9 Å². The number of alkyl halides is 3. The second-order valence-corrected chi connectivity index (χ2v) is 9.26. The molecular weight excluding hydrogens is 477 g/mol. The summed E-state index contributed by atoms with van der Waals surface area (Å²) < 4.78 is 62.3. The van der Waals surface area contributed by atoms with Crippen molar-refractivity contribution in [1.29, 1.82) is 0 Å². The maximum absolute atomic E-state index is 12.3. The normalized spacial score (nSPS) is 14.7. The van der Waals surface area contributed by atoms with E-state index in [2.05, 4.69) is 11.7 Å². The van der Waals surface area contributed by atoms with E-state index >= 15 is 0 Å². The highest BCUT2D eigenvalue weighted by atomic mass is 19.4. The van der Waals surface area contributed by atoms with Gasteiger partial charge in [-0.3, -0.25) is 0 Å². The largest absolute Gasteiger partial charge is 0.573 e. The number of carbonyl (C=O) groups is 1. The summed E-state index contributed by atoms with van der Waals surface area (Å²) >= 11 is 0. The van der Waals surface area contributed by atoms with Crippen LogP contribution >= 0.6 is 0 Å². The summed E-state index contributed by atoms with van der Waals surface area (Å²) in [6, 6.07) is 11.2. The lowest BCUT2D eigenvalue weighted by Gasteiger charge is -2.37. The quantitative estimate of drug-likeness (QED) is 0.153. The molecule has 1 heterocycles. The number of ether oxygens (including phenoxy) is 5. The summed E-state index contributed by atoms with van der Waals surface area (Å²) in [6.45, 7) is 5.98. The average Bonchev–Trinajstić information content (AvgIpc) is 2.82. The molecule has 3 rings (SSSR count). The highest BCUT2D eigenvalue weighted by Gasteiger charge is 2.33. The fraction of sp³-hybridized carbons (Fsp3) is 0.519. The van der Waals surface area contributed by atoms with Crippen molar-refractivity contribution in [2.75, 3.05) is 33.0 Å². The third kappa shape index (κ3) is 10.1.